The van der Waals surface area contributed by atoms with Crippen molar-refractivity contribution in [3.63, 3.8) is 0 Å². The van der Waals surface area contributed by atoms with Crippen molar-refractivity contribution in [1.29, 1.82) is 0 Å². The Balaban J connectivity index is 1.54. The average molecular weight is 506 g/mol. The summed E-state index contributed by atoms with van der Waals surface area (Å²) < 4.78 is 41.7. The van der Waals surface area contributed by atoms with Crippen LogP contribution in [0.5, 0.6) is 0 Å². The molecule has 0 radical (unpaired) electrons. The van der Waals surface area contributed by atoms with Crippen molar-refractivity contribution in [2.75, 3.05) is 37.9 Å². The van der Waals surface area contributed by atoms with E-state index in [0.717, 1.165) is 34.9 Å². The number of pyridine rings is 1. The molecule has 2 heterocycles. The molecule has 8 heteroatoms. The molecule has 37 heavy (non-hydrogen) atoms. The van der Waals surface area contributed by atoms with Gasteiger partial charge in [-0.1, -0.05) is 48.5 Å². The Morgan fingerprint density at radius 1 is 1.00 bits per heavy atom. The third-order valence-electron chi connectivity index (χ3n) is 6.64. The fourth-order valence-corrected chi connectivity index (χ4v) is 4.87. The molecule has 1 aliphatic rings. The van der Waals surface area contributed by atoms with Crippen LogP contribution in [0.15, 0.2) is 72.8 Å². The molecule has 1 amide bonds. The lowest BCUT2D eigenvalue weighted by molar-refractivity contribution is -0.137. The Hall–Kier alpha value is -3.91. The summed E-state index contributed by atoms with van der Waals surface area (Å²) in [7, 11) is 4.99. The highest BCUT2D eigenvalue weighted by Gasteiger charge is 2.39. The number of nitrogens with one attached hydrogen (secondary N) is 1. The summed E-state index contributed by atoms with van der Waals surface area (Å²) in [5, 5.41) is 3.70. The molecule has 1 aromatic heterocycles. The molecule has 3 aromatic carbocycles. The zero-order valence-corrected chi connectivity index (χ0v) is 20.9. The molecule has 190 valence electrons. The Morgan fingerprint density at radius 2 is 1.70 bits per heavy atom. The lowest BCUT2D eigenvalue weighted by atomic mass is 10.0. The quantitative estimate of drug-likeness (QED) is 0.326. The minimum absolute atomic E-state index is 0.0174. The number of quaternary nitrogens is 1. The van der Waals surface area contributed by atoms with Gasteiger partial charge in [-0.2, -0.15) is 13.2 Å². The summed E-state index contributed by atoms with van der Waals surface area (Å²) in [6.45, 7) is 1.40. The number of fused-ring (bicyclic) bond motifs is 2. The van der Waals surface area contributed by atoms with Crippen molar-refractivity contribution < 1.29 is 18.0 Å². The number of rotatable bonds is 5. The van der Waals surface area contributed by atoms with Gasteiger partial charge in [-0.25, -0.2) is 4.98 Å². The summed E-state index contributed by atoms with van der Waals surface area (Å²) in [4.78, 5) is 20.4. The van der Waals surface area contributed by atoms with E-state index in [1.165, 1.54) is 12.1 Å². The van der Waals surface area contributed by atoms with Gasteiger partial charge in [0.25, 0.3) is 5.91 Å². The number of alkyl halides is 3. The number of carbonyl (C=O) groups excluding carboxylic acids is 1. The zero-order chi connectivity index (χ0) is 26.4. The maximum absolute atomic E-state index is 13.9. The summed E-state index contributed by atoms with van der Waals surface area (Å²) in [5.41, 5.74) is 2.59. The maximum Gasteiger partial charge on any atom is 0.422 e. The Kier molecular flexibility index (Phi) is 6.15. The van der Waals surface area contributed by atoms with E-state index in [4.69, 9.17) is 4.98 Å². The van der Waals surface area contributed by atoms with Crippen LogP contribution in [0.2, 0.25) is 0 Å². The summed E-state index contributed by atoms with van der Waals surface area (Å²) in [6.07, 6.45) is -3.91. The second-order valence-corrected chi connectivity index (χ2v) is 10.2. The number of para-hydroxylation sites is 1. The molecule has 5 nitrogen and oxygen atoms in total. The van der Waals surface area contributed by atoms with E-state index in [1.54, 1.807) is 21.1 Å². The lowest BCUT2D eigenvalue weighted by Crippen LogP contribution is -2.37. The number of benzene rings is 3. The summed E-state index contributed by atoms with van der Waals surface area (Å²) in [5.74, 6) is 0.202. The predicted molar refractivity (Wildman–Crippen MR) is 142 cm³/mol. The number of hydrogen-bond donors (Lipinski definition) is 1. The molecule has 0 fully saturated rings. The highest BCUT2D eigenvalue weighted by atomic mass is 19.4. The van der Waals surface area contributed by atoms with Gasteiger partial charge in [0.1, 0.15) is 17.1 Å². The molecule has 0 saturated heterocycles. The number of hydrogen-bond acceptors (Lipinski definition) is 3. The Bertz CT molecular complexity index is 1480. The van der Waals surface area contributed by atoms with Gasteiger partial charge in [-0.3, -0.25) is 9.28 Å². The first-order valence-corrected chi connectivity index (χ1v) is 12.1. The number of nitrogens with zero attached hydrogens (tertiary/aromatic N) is 3. The first kappa shape index (κ1) is 24.8. The largest absolute Gasteiger partial charge is 0.422 e. The van der Waals surface area contributed by atoms with Crippen LogP contribution < -0.4 is 14.7 Å². The number of carbonyl (C=O) groups is 1. The van der Waals surface area contributed by atoms with Crippen LogP contribution >= 0.6 is 0 Å². The fourth-order valence-electron chi connectivity index (χ4n) is 4.87. The molecular formula is C29H28F3N4O+. The Labute approximate surface area is 213 Å². The molecule has 0 spiro atoms. The van der Waals surface area contributed by atoms with Gasteiger partial charge in [0, 0.05) is 35.7 Å². The predicted octanol–water partition coefficient (Wildman–Crippen LogP) is 6.27. The topological polar surface area (TPSA) is 45.2 Å². The van der Waals surface area contributed by atoms with Crippen LogP contribution in [0, 0.1) is 0 Å². The van der Waals surface area contributed by atoms with Crippen LogP contribution in [0.25, 0.3) is 10.9 Å². The molecular weight excluding hydrogens is 477 g/mol. The van der Waals surface area contributed by atoms with Crippen molar-refractivity contribution in [3.05, 3.63) is 95.1 Å². The van der Waals surface area contributed by atoms with Gasteiger partial charge >= 0.3 is 6.18 Å². The highest BCUT2D eigenvalue weighted by molar-refractivity contribution is 6.10. The average Bonchev–Trinajstić information content (AvgIpc) is 3.25. The SMILES string of the molecule is C[N+](C)(C)c1ccc(C(=O)Nc2c3c(nc4ccccc24)N(Cc2ccccc2)CC3)cc1C(F)(F)F. The lowest BCUT2D eigenvalue weighted by Gasteiger charge is -2.27. The van der Waals surface area contributed by atoms with Gasteiger partial charge < -0.3 is 10.2 Å². The molecule has 0 saturated carbocycles. The monoisotopic (exact) mass is 505 g/mol. The number of amides is 1. The van der Waals surface area contributed by atoms with E-state index in [9.17, 15) is 18.0 Å². The summed E-state index contributed by atoms with van der Waals surface area (Å²) in [6, 6.07) is 21.3. The van der Waals surface area contributed by atoms with Crippen molar-refractivity contribution in [1.82, 2.24) is 9.47 Å². The molecule has 1 aliphatic heterocycles. The maximum atomic E-state index is 13.9. The molecule has 0 bridgehead atoms. The zero-order valence-electron chi connectivity index (χ0n) is 20.9. The van der Waals surface area contributed by atoms with Crippen LogP contribution in [0.3, 0.4) is 0 Å². The van der Waals surface area contributed by atoms with Crippen LogP contribution in [-0.2, 0) is 19.1 Å². The van der Waals surface area contributed by atoms with E-state index in [0.29, 0.717) is 24.2 Å². The van der Waals surface area contributed by atoms with E-state index in [1.807, 2.05) is 42.5 Å². The first-order chi connectivity index (χ1) is 17.5. The standard InChI is InChI=1S/C29H27F3N4O/c1-36(2,3)25-14-13-20(17-23(25)29(30,31)32)28(37)34-26-21-11-7-8-12-24(21)33-27-22(26)15-16-35(27)18-19-9-5-4-6-10-19/h4-14,17H,15-16,18H2,1-3H3/p+1. The first-order valence-electron chi connectivity index (χ1n) is 12.1. The number of halogens is 3. The second kappa shape index (κ2) is 9.19. The second-order valence-electron chi connectivity index (χ2n) is 10.2. The molecule has 5 rings (SSSR count). The van der Waals surface area contributed by atoms with E-state index >= 15 is 0 Å². The van der Waals surface area contributed by atoms with Gasteiger partial charge in [-0.15, -0.1) is 0 Å². The number of anilines is 2. The smallest absolute Gasteiger partial charge is 0.352 e. The van der Waals surface area contributed by atoms with Crippen molar-refractivity contribution >= 4 is 34.0 Å². The van der Waals surface area contributed by atoms with Gasteiger partial charge in [0.15, 0.2) is 0 Å². The van der Waals surface area contributed by atoms with Gasteiger partial charge in [0.05, 0.1) is 32.3 Å². The number of aromatic nitrogens is 1. The Morgan fingerprint density at radius 3 is 2.41 bits per heavy atom. The van der Waals surface area contributed by atoms with Crippen LogP contribution in [0.4, 0.5) is 30.4 Å². The van der Waals surface area contributed by atoms with Crippen molar-refractivity contribution in [2.24, 2.45) is 0 Å². The molecule has 0 atom stereocenters. The molecule has 0 unspecified atom stereocenters. The highest BCUT2D eigenvalue weighted by Crippen LogP contribution is 2.40. The van der Waals surface area contributed by atoms with Gasteiger partial charge in [-0.05, 0) is 30.2 Å². The molecule has 0 aliphatic carbocycles. The molecule has 1 N–H and O–H groups in total. The minimum atomic E-state index is -4.58. The molecule has 4 aromatic rings. The normalized spacial score (nSPS) is 13.6. The summed E-state index contributed by atoms with van der Waals surface area (Å²) >= 11 is 0. The van der Waals surface area contributed by atoms with E-state index in [-0.39, 0.29) is 15.7 Å². The van der Waals surface area contributed by atoms with Crippen molar-refractivity contribution in [3.8, 4) is 0 Å². The third kappa shape index (κ3) is 4.89. The van der Waals surface area contributed by atoms with E-state index in [2.05, 4.69) is 22.3 Å². The fraction of sp³-hybridized carbons (Fsp3) is 0.241. The van der Waals surface area contributed by atoms with Crippen molar-refractivity contribution in [2.45, 2.75) is 19.1 Å². The van der Waals surface area contributed by atoms with Gasteiger partial charge in [0.2, 0.25) is 0 Å². The van der Waals surface area contributed by atoms with Crippen LogP contribution in [-0.4, -0.2) is 38.6 Å². The van der Waals surface area contributed by atoms with Crippen LogP contribution in [0.1, 0.15) is 27.0 Å². The minimum Gasteiger partial charge on any atom is -0.352 e. The third-order valence-corrected chi connectivity index (χ3v) is 6.64. The van der Waals surface area contributed by atoms with E-state index < -0.39 is 17.6 Å².